The molecule has 1 heterocycles. The maximum atomic E-state index is 5.82. The summed E-state index contributed by atoms with van der Waals surface area (Å²) < 4.78 is 0. The summed E-state index contributed by atoms with van der Waals surface area (Å²) in [5.41, 5.74) is 11.1. The molecule has 0 saturated carbocycles. The van der Waals surface area contributed by atoms with E-state index in [-0.39, 0.29) is 0 Å². The molecule has 0 saturated heterocycles. The molecule has 0 radical (unpaired) electrons. The molecule has 4 nitrogen and oxygen atoms in total. The van der Waals surface area contributed by atoms with Crippen molar-refractivity contribution in [3.63, 3.8) is 0 Å². The summed E-state index contributed by atoms with van der Waals surface area (Å²) in [7, 11) is 4.34. The van der Waals surface area contributed by atoms with Crippen molar-refractivity contribution in [1.82, 2.24) is 0 Å². The smallest absolute Gasteiger partial charge is 0.0983 e. The molecule has 0 aromatic heterocycles. The fraction of sp³-hybridized carbons (Fsp3) is 0.667. The van der Waals surface area contributed by atoms with E-state index >= 15 is 0 Å². The van der Waals surface area contributed by atoms with Crippen LogP contribution in [-0.4, -0.2) is 39.4 Å². The molecule has 22 heavy (non-hydrogen) atoms. The van der Waals surface area contributed by atoms with Crippen molar-refractivity contribution >= 4 is 17.1 Å². The number of nitrogens with two attached hydrogens (primary N) is 1. The molecule has 0 aliphatic carbocycles. The standard InChI is InChI=1S/C16H28N4.C2H6/c1-11(2)20(10-9-17)15-12(3)7-8-14-16(15)19(6)13(4)18(14)5;1-2/h7-8,11,13H,9-10,17H2,1-6H3;1-2H3. The third-order valence-corrected chi connectivity index (χ3v) is 4.47. The van der Waals surface area contributed by atoms with Crippen LogP contribution in [0, 0.1) is 6.92 Å². The largest absolute Gasteiger partial charge is 0.366 e. The molecule has 0 fully saturated rings. The van der Waals surface area contributed by atoms with E-state index in [1.807, 2.05) is 13.8 Å². The Morgan fingerprint density at radius 3 is 2.27 bits per heavy atom. The summed E-state index contributed by atoms with van der Waals surface area (Å²) in [5.74, 6) is 0. The van der Waals surface area contributed by atoms with Gasteiger partial charge in [0.15, 0.2) is 0 Å². The zero-order valence-corrected chi connectivity index (χ0v) is 15.6. The number of hydrogen-bond donors (Lipinski definition) is 1. The van der Waals surface area contributed by atoms with E-state index in [9.17, 15) is 0 Å². The van der Waals surface area contributed by atoms with Crippen LogP contribution in [0.3, 0.4) is 0 Å². The number of hydrogen-bond acceptors (Lipinski definition) is 4. The second kappa shape index (κ2) is 7.73. The average molecular weight is 306 g/mol. The highest BCUT2D eigenvalue weighted by Gasteiger charge is 2.32. The summed E-state index contributed by atoms with van der Waals surface area (Å²) >= 11 is 0. The van der Waals surface area contributed by atoms with Crippen LogP contribution < -0.4 is 20.4 Å². The van der Waals surface area contributed by atoms with Gasteiger partial charge in [-0.3, -0.25) is 0 Å². The Kier molecular flexibility index (Phi) is 6.54. The van der Waals surface area contributed by atoms with Crippen LogP contribution in [-0.2, 0) is 0 Å². The number of aryl methyl sites for hydroxylation is 1. The summed E-state index contributed by atoms with van der Waals surface area (Å²) in [4.78, 5) is 7.12. The third kappa shape index (κ3) is 3.17. The molecule has 1 aromatic carbocycles. The van der Waals surface area contributed by atoms with E-state index in [2.05, 4.69) is 68.6 Å². The van der Waals surface area contributed by atoms with Gasteiger partial charge in [-0.05, 0) is 39.3 Å². The molecule has 126 valence electrons. The lowest BCUT2D eigenvalue weighted by Gasteiger charge is -2.33. The molecule has 2 N–H and O–H groups in total. The predicted octanol–water partition coefficient (Wildman–Crippen LogP) is 3.43. The van der Waals surface area contributed by atoms with Crippen LogP contribution in [0.5, 0.6) is 0 Å². The van der Waals surface area contributed by atoms with Gasteiger partial charge in [0, 0.05) is 33.2 Å². The van der Waals surface area contributed by atoms with E-state index in [0.717, 1.165) is 6.54 Å². The number of benzene rings is 1. The number of nitrogens with zero attached hydrogens (tertiary/aromatic N) is 3. The molecule has 1 aromatic rings. The Morgan fingerprint density at radius 2 is 1.77 bits per heavy atom. The highest BCUT2D eigenvalue weighted by Crippen LogP contribution is 2.46. The molecule has 0 bridgehead atoms. The first-order valence-electron chi connectivity index (χ1n) is 8.46. The van der Waals surface area contributed by atoms with Crippen molar-refractivity contribution in [3.8, 4) is 0 Å². The molecular weight excluding hydrogens is 272 g/mol. The predicted molar refractivity (Wildman–Crippen MR) is 100 cm³/mol. The average Bonchev–Trinajstić information content (AvgIpc) is 2.72. The molecule has 1 atom stereocenters. The number of rotatable bonds is 4. The van der Waals surface area contributed by atoms with Crippen molar-refractivity contribution in [2.24, 2.45) is 5.73 Å². The first kappa shape index (κ1) is 18.6. The molecule has 4 heteroatoms. The first-order valence-corrected chi connectivity index (χ1v) is 8.46. The SMILES string of the molecule is CC.Cc1ccc2c(c1N(CCN)C(C)C)N(C)C(C)N2C. The molecule has 1 aliphatic rings. The fourth-order valence-corrected chi connectivity index (χ4v) is 3.08. The van der Waals surface area contributed by atoms with Crippen LogP contribution in [0.2, 0.25) is 0 Å². The van der Waals surface area contributed by atoms with E-state index < -0.39 is 0 Å². The molecule has 1 aliphatic heterocycles. The van der Waals surface area contributed by atoms with Crippen molar-refractivity contribution in [2.45, 2.75) is 53.8 Å². The Morgan fingerprint density at radius 1 is 1.18 bits per heavy atom. The van der Waals surface area contributed by atoms with Crippen LogP contribution in [0.25, 0.3) is 0 Å². The van der Waals surface area contributed by atoms with Gasteiger partial charge in [0.2, 0.25) is 0 Å². The van der Waals surface area contributed by atoms with Crippen LogP contribution in [0.15, 0.2) is 12.1 Å². The summed E-state index contributed by atoms with van der Waals surface area (Å²) in [6.07, 6.45) is 0.387. The van der Waals surface area contributed by atoms with Gasteiger partial charge in [-0.2, -0.15) is 0 Å². The van der Waals surface area contributed by atoms with Crippen LogP contribution in [0.4, 0.5) is 17.1 Å². The second-order valence-corrected chi connectivity index (χ2v) is 6.03. The van der Waals surface area contributed by atoms with Gasteiger partial charge < -0.3 is 20.4 Å². The van der Waals surface area contributed by atoms with Gasteiger partial charge in [0.25, 0.3) is 0 Å². The minimum Gasteiger partial charge on any atom is -0.366 e. The Hall–Kier alpha value is -1.42. The minimum atomic E-state index is 0.387. The van der Waals surface area contributed by atoms with E-state index in [0.29, 0.717) is 18.8 Å². The van der Waals surface area contributed by atoms with Crippen molar-refractivity contribution in [2.75, 3.05) is 41.9 Å². The quantitative estimate of drug-likeness (QED) is 0.924. The molecule has 1 unspecified atom stereocenters. The first-order chi connectivity index (χ1) is 10.4. The molecule has 0 spiro atoms. The Labute approximate surface area is 136 Å². The lowest BCUT2D eigenvalue weighted by Crippen LogP contribution is -2.38. The lowest BCUT2D eigenvalue weighted by atomic mass is 10.1. The monoisotopic (exact) mass is 306 g/mol. The Balaban J connectivity index is 0.00000116. The summed E-state index contributed by atoms with van der Waals surface area (Å²) in [6, 6.07) is 4.90. The maximum Gasteiger partial charge on any atom is 0.0983 e. The van der Waals surface area contributed by atoms with E-state index in [1.54, 1.807) is 0 Å². The normalized spacial score (nSPS) is 16.5. The molecule has 2 rings (SSSR count). The zero-order chi connectivity index (χ0) is 17.0. The topological polar surface area (TPSA) is 35.7 Å². The van der Waals surface area contributed by atoms with Gasteiger partial charge >= 0.3 is 0 Å². The molecule has 0 amide bonds. The third-order valence-electron chi connectivity index (χ3n) is 4.47. The van der Waals surface area contributed by atoms with Gasteiger partial charge in [-0.25, -0.2) is 0 Å². The fourth-order valence-electron chi connectivity index (χ4n) is 3.08. The maximum absolute atomic E-state index is 5.82. The Bertz CT molecular complexity index is 484. The van der Waals surface area contributed by atoms with Crippen LogP contribution in [0.1, 0.15) is 40.2 Å². The van der Waals surface area contributed by atoms with Gasteiger partial charge in [0.05, 0.1) is 23.2 Å². The lowest BCUT2D eigenvalue weighted by molar-refractivity contribution is 0.677. The zero-order valence-electron chi connectivity index (χ0n) is 15.6. The van der Waals surface area contributed by atoms with Gasteiger partial charge in [-0.1, -0.05) is 19.9 Å². The van der Waals surface area contributed by atoms with Crippen LogP contribution >= 0.6 is 0 Å². The highest BCUT2D eigenvalue weighted by molar-refractivity contribution is 5.90. The van der Waals surface area contributed by atoms with Crippen molar-refractivity contribution in [1.29, 1.82) is 0 Å². The summed E-state index contributed by atoms with van der Waals surface area (Å²) in [6.45, 7) is 14.5. The van der Waals surface area contributed by atoms with E-state index in [1.165, 1.54) is 22.6 Å². The summed E-state index contributed by atoms with van der Waals surface area (Å²) in [5, 5.41) is 0. The molecular formula is C18H34N4. The minimum absolute atomic E-state index is 0.387. The van der Waals surface area contributed by atoms with E-state index in [4.69, 9.17) is 5.73 Å². The highest BCUT2D eigenvalue weighted by atomic mass is 15.4. The number of anilines is 3. The van der Waals surface area contributed by atoms with Gasteiger partial charge in [-0.15, -0.1) is 0 Å². The number of fused-ring (bicyclic) bond motifs is 1. The van der Waals surface area contributed by atoms with Crippen molar-refractivity contribution in [3.05, 3.63) is 17.7 Å². The second-order valence-electron chi connectivity index (χ2n) is 6.03. The van der Waals surface area contributed by atoms with Gasteiger partial charge in [0.1, 0.15) is 0 Å². The van der Waals surface area contributed by atoms with Crippen molar-refractivity contribution < 1.29 is 0 Å².